The molecular weight excluding hydrogens is 262 g/mol. The molecule has 3 unspecified atom stereocenters. The molecule has 0 aromatic rings. The van der Waals surface area contributed by atoms with E-state index in [1.54, 1.807) is 0 Å². The average molecular weight is 293 g/mol. The lowest BCUT2D eigenvalue weighted by Gasteiger charge is -2.38. The van der Waals surface area contributed by atoms with E-state index >= 15 is 0 Å². The molecule has 3 rings (SSSR count). The molecule has 2 bridgehead atoms. The van der Waals surface area contributed by atoms with Gasteiger partial charge in [-0.3, -0.25) is 9.69 Å². The van der Waals surface area contributed by atoms with E-state index in [0.29, 0.717) is 24.0 Å². The van der Waals surface area contributed by atoms with Gasteiger partial charge in [-0.15, -0.1) is 0 Å². The Kier molecular flexibility index (Phi) is 4.85. The molecule has 3 saturated heterocycles. The minimum atomic E-state index is 0.0674. The van der Waals surface area contributed by atoms with Crippen molar-refractivity contribution in [2.45, 2.75) is 83.0 Å². The molecule has 3 heterocycles. The fourth-order valence-electron chi connectivity index (χ4n) is 4.55. The van der Waals surface area contributed by atoms with Crippen LogP contribution in [0.15, 0.2) is 0 Å². The molecule has 3 aliphatic rings. The van der Waals surface area contributed by atoms with Crippen LogP contribution in [0.2, 0.25) is 0 Å². The van der Waals surface area contributed by atoms with E-state index in [-0.39, 0.29) is 11.9 Å². The first-order valence-electron chi connectivity index (χ1n) is 8.94. The van der Waals surface area contributed by atoms with Gasteiger partial charge < -0.3 is 10.6 Å². The van der Waals surface area contributed by atoms with Gasteiger partial charge in [-0.05, 0) is 57.5 Å². The summed E-state index contributed by atoms with van der Waals surface area (Å²) in [6, 6.07) is 1.74. The fourth-order valence-corrected chi connectivity index (χ4v) is 4.55. The van der Waals surface area contributed by atoms with E-state index in [1.165, 1.54) is 32.1 Å². The zero-order chi connectivity index (χ0) is 14.8. The lowest BCUT2D eigenvalue weighted by molar-refractivity contribution is -0.129. The first-order chi connectivity index (χ1) is 10.1. The average Bonchev–Trinajstić information content (AvgIpc) is 2.79. The minimum absolute atomic E-state index is 0.0674. The van der Waals surface area contributed by atoms with Crippen molar-refractivity contribution < 1.29 is 4.79 Å². The van der Waals surface area contributed by atoms with Crippen LogP contribution < -0.4 is 10.6 Å². The van der Waals surface area contributed by atoms with E-state index in [4.69, 9.17) is 0 Å². The second-order valence-corrected chi connectivity index (χ2v) is 7.60. The Morgan fingerprint density at radius 3 is 2.29 bits per heavy atom. The normalized spacial score (nSPS) is 34.9. The summed E-state index contributed by atoms with van der Waals surface area (Å²) < 4.78 is 0. The van der Waals surface area contributed by atoms with Crippen molar-refractivity contribution in [1.82, 2.24) is 15.5 Å². The number of amides is 1. The van der Waals surface area contributed by atoms with Crippen LogP contribution in [0, 0.1) is 5.92 Å². The van der Waals surface area contributed by atoms with Gasteiger partial charge in [0.2, 0.25) is 5.91 Å². The van der Waals surface area contributed by atoms with Crippen molar-refractivity contribution in [3.8, 4) is 0 Å². The highest BCUT2D eigenvalue weighted by Gasteiger charge is 2.36. The van der Waals surface area contributed by atoms with Crippen LogP contribution in [0.1, 0.15) is 58.8 Å². The van der Waals surface area contributed by atoms with E-state index in [9.17, 15) is 4.79 Å². The van der Waals surface area contributed by atoms with Crippen molar-refractivity contribution in [2.24, 2.45) is 5.92 Å². The number of likely N-dealkylation sites (tertiary alicyclic amines) is 1. The van der Waals surface area contributed by atoms with Crippen LogP contribution >= 0.6 is 0 Å². The third-order valence-corrected chi connectivity index (χ3v) is 5.50. The summed E-state index contributed by atoms with van der Waals surface area (Å²) in [7, 11) is 0. The smallest absolute Gasteiger partial charge is 0.237 e. The second-order valence-electron chi connectivity index (χ2n) is 7.60. The molecule has 3 aliphatic heterocycles. The summed E-state index contributed by atoms with van der Waals surface area (Å²) in [5.74, 6) is 0.666. The van der Waals surface area contributed by atoms with Crippen LogP contribution in [-0.2, 0) is 4.79 Å². The van der Waals surface area contributed by atoms with Gasteiger partial charge in [-0.2, -0.15) is 0 Å². The number of rotatable bonds is 4. The van der Waals surface area contributed by atoms with Gasteiger partial charge in [-0.25, -0.2) is 0 Å². The van der Waals surface area contributed by atoms with Crippen molar-refractivity contribution in [1.29, 1.82) is 0 Å². The molecule has 3 fully saturated rings. The lowest BCUT2D eigenvalue weighted by atomic mass is 9.96. The molecule has 0 saturated carbocycles. The molecule has 0 aromatic heterocycles. The van der Waals surface area contributed by atoms with E-state index < -0.39 is 0 Å². The van der Waals surface area contributed by atoms with Gasteiger partial charge in [0, 0.05) is 18.1 Å². The molecule has 0 aromatic carbocycles. The number of nitrogens with one attached hydrogen (secondary N) is 2. The van der Waals surface area contributed by atoms with Crippen LogP contribution in [0.5, 0.6) is 0 Å². The molecule has 21 heavy (non-hydrogen) atoms. The Hall–Kier alpha value is -0.610. The maximum absolute atomic E-state index is 12.8. The predicted molar refractivity (Wildman–Crippen MR) is 85.2 cm³/mol. The molecule has 4 heteroatoms. The third kappa shape index (κ3) is 3.59. The first kappa shape index (κ1) is 15.3. The van der Waals surface area contributed by atoms with Crippen molar-refractivity contribution >= 4 is 5.91 Å². The SMILES string of the molecule is CC(C)C(C(=O)NC1CC2CCC(C1)N2)N1CCCCC1. The van der Waals surface area contributed by atoms with Crippen LogP contribution in [0.4, 0.5) is 0 Å². The number of carbonyl (C=O) groups excluding carboxylic acids is 1. The Morgan fingerprint density at radius 2 is 1.71 bits per heavy atom. The summed E-state index contributed by atoms with van der Waals surface area (Å²) in [6.45, 7) is 6.55. The number of fused-ring (bicyclic) bond motifs is 2. The Morgan fingerprint density at radius 1 is 1.10 bits per heavy atom. The molecular formula is C17H31N3O. The lowest BCUT2D eigenvalue weighted by Crippen LogP contribution is -2.56. The van der Waals surface area contributed by atoms with E-state index in [2.05, 4.69) is 29.4 Å². The number of piperidine rings is 2. The van der Waals surface area contributed by atoms with Gasteiger partial charge in [0.1, 0.15) is 0 Å². The summed E-state index contributed by atoms with van der Waals surface area (Å²) in [6.07, 6.45) is 8.62. The molecule has 0 aliphatic carbocycles. The van der Waals surface area contributed by atoms with E-state index in [0.717, 1.165) is 25.9 Å². The molecule has 4 nitrogen and oxygen atoms in total. The van der Waals surface area contributed by atoms with Gasteiger partial charge in [0.15, 0.2) is 0 Å². The van der Waals surface area contributed by atoms with Crippen LogP contribution in [0.3, 0.4) is 0 Å². The summed E-state index contributed by atoms with van der Waals surface area (Å²) >= 11 is 0. The molecule has 3 atom stereocenters. The maximum Gasteiger partial charge on any atom is 0.237 e. The number of nitrogens with zero attached hydrogens (tertiary/aromatic N) is 1. The quantitative estimate of drug-likeness (QED) is 0.832. The molecule has 120 valence electrons. The Bertz CT molecular complexity index is 353. The Labute approximate surface area is 129 Å². The van der Waals surface area contributed by atoms with Crippen LogP contribution in [-0.4, -0.2) is 48.1 Å². The number of hydrogen-bond acceptors (Lipinski definition) is 3. The Balaban J connectivity index is 1.58. The van der Waals surface area contributed by atoms with Crippen molar-refractivity contribution in [3.63, 3.8) is 0 Å². The summed E-state index contributed by atoms with van der Waals surface area (Å²) in [4.78, 5) is 15.2. The standard InChI is InChI=1S/C17H31N3O/c1-12(2)16(20-8-4-3-5-9-20)17(21)19-15-10-13-6-7-14(11-15)18-13/h12-16,18H,3-11H2,1-2H3,(H,19,21). The van der Waals surface area contributed by atoms with Crippen molar-refractivity contribution in [3.05, 3.63) is 0 Å². The topological polar surface area (TPSA) is 44.4 Å². The van der Waals surface area contributed by atoms with Gasteiger partial charge >= 0.3 is 0 Å². The van der Waals surface area contributed by atoms with Gasteiger partial charge in [0.25, 0.3) is 0 Å². The molecule has 0 spiro atoms. The minimum Gasteiger partial charge on any atom is -0.352 e. The zero-order valence-corrected chi connectivity index (χ0v) is 13.6. The molecule has 2 N–H and O–H groups in total. The number of carbonyl (C=O) groups is 1. The molecule has 1 amide bonds. The summed E-state index contributed by atoms with van der Waals surface area (Å²) in [5, 5.41) is 7.02. The van der Waals surface area contributed by atoms with E-state index in [1.807, 2.05) is 0 Å². The summed E-state index contributed by atoms with van der Waals surface area (Å²) in [5.41, 5.74) is 0. The fraction of sp³-hybridized carbons (Fsp3) is 0.941. The molecule has 0 radical (unpaired) electrons. The van der Waals surface area contributed by atoms with Gasteiger partial charge in [-0.1, -0.05) is 20.3 Å². The van der Waals surface area contributed by atoms with Crippen molar-refractivity contribution in [2.75, 3.05) is 13.1 Å². The maximum atomic E-state index is 12.8. The first-order valence-corrected chi connectivity index (χ1v) is 8.94. The van der Waals surface area contributed by atoms with Crippen LogP contribution in [0.25, 0.3) is 0 Å². The largest absolute Gasteiger partial charge is 0.352 e. The highest BCUT2D eigenvalue weighted by atomic mass is 16.2. The highest BCUT2D eigenvalue weighted by molar-refractivity contribution is 5.82. The zero-order valence-electron chi connectivity index (χ0n) is 13.6. The highest BCUT2D eigenvalue weighted by Crippen LogP contribution is 2.27. The monoisotopic (exact) mass is 293 g/mol. The third-order valence-electron chi connectivity index (χ3n) is 5.50. The number of hydrogen-bond donors (Lipinski definition) is 2. The van der Waals surface area contributed by atoms with Gasteiger partial charge in [0.05, 0.1) is 6.04 Å². The predicted octanol–water partition coefficient (Wildman–Crippen LogP) is 1.90. The second kappa shape index (κ2) is 6.66.